The Balaban J connectivity index is 4.86. The highest BCUT2D eigenvalue weighted by Gasteiger charge is 2.46. The summed E-state index contributed by atoms with van der Waals surface area (Å²) < 4.78 is 0. The van der Waals surface area contributed by atoms with E-state index < -0.39 is 36.4 Å². The standard InChI is InChI=1S/C9H19NO7/c10-8(16)9(17,2-1-3-11)7(15)6(14)5(13)4-12/h5-7,11-15,17H,1-4H2,(H2,10,16)/t5-,6-,7+,9-/m1/s1. The molecule has 0 heterocycles. The highest BCUT2D eigenvalue weighted by molar-refractivity contribution is 5.84. The van der Waals surface area contributed by atoms with Crippen molar-refractivity contribution < 1.29 is 35.4 Å². The van der Waals surface area contributed by atoms with Crippen LogP contribution in [0.5, 0.6) is 0 Å². The molecule has 8 N–H and O–H groups in total. The Hall–Kier alpha value is -0.770. The fraction of sp³-hybridized carbons (Fsp3) is 0.889. The molecule has 0 aliphatic rings. The van der Waals surface area contributed by atoms with Gasteiger partial charge in [0.25, 0.3) is 5.91 Å². The molecule has 4 atom stereocenters. The van der Waals surface area contributed by atoms with Crippen LogP contribution in [-0.4, -0.2) is 73.7 Å². The van der Waals surface area contributed by atoms with Crippen LogP contribution in [0.3, 0.4) is 0 Å². The molecule has 0 fully saturated rings. The van der Waals surface area contributed by atoms with E-state index in [9.17, 15) is 20.1 Å². The molecule has 0 rings (SSSR count). The van der Waals surface area contributed by atoms with Gasteiger partial charge in [0.05, 0.1) is 6.61 Å². The molecule has 0 saturated carbocycles. The third-order valence-electron chi connectivity index (χ3n) is 2.54. The summed E-state index contributed by atoms with van der Waals surface area (Å²) in [5.74, 6) is -1.29. The van der Waals surface area contributed by atoms with Gasteiger partial charge < -0.3 is 36.4 Å². The van der Waals surface area contributed by atoms with E-state index in [1.54, 1.807) is 0 Å². The minimum Gasteiger partial charge on any atom is -0.396 e. The first kappa shape index (κ1) is 16.2. The summed E-state index contributed by atoms with van der Waals surface area (Å²) in [7, 11) is 0. The minimum absolute atomic E-state index is 0.0293. The van der Waals surface area contributed by atoms with Gasteiger partial charge >= 0.3 is 0 Å². The summed E-state index contributed by atoms with van der Waals surface area (Å²) in [6.45, 7) is -1.20. The third kappa shape index (κ3) is 3.87. The van der Waals surface area contributed by atoms with E-state index in [0.29, 0.717) is 0 Å². The van der Waals surface area contributed by atoms with Crippen molar-refractivity contribution in [3.63, 3.8) is 0 Å². The van der Waals surface area contributed by atoms with Gasteiger partial charge in [0.15, 0.2) is 5.60 Å². The fourth-order valence-electron chi connectivity index (χ4n) is 1.37. The molecule has 0 aliphatic carbocycles. The maximum Gasteiger partial charge on any atom is 0.252 e. The van der Waals surface area contributed by atoms with E-state index in [1.165, 1.54) is 0 Å². The van der Waals surface area contributed by atoms with E-state index >= 15 is 0 Å². The van der Waals surface area contributed by atoms with E-state index in [-0.39, 0.29) is 19.4 Å². The first-order valence-corrected chi connectivity index (χ1v) is 5.09. The topological polar surface area (TPSA) is 164 Å². The lowest BCUT2D eigenvalue weighted by Gasteiger charge is -2.34. The highest BCUT2D eigenvalue weighted by Crippen LogP contribution is 2.21. The van der Waals surface area contributed by atoms with E-state index in [1.807, 2.05) is 0 Å². The predicted octanol–water partition coefficient (Wildman–Crippen LogP) is -3.95. The van der Waals surface area contributed by atoms with Crippen LogP contribution in [-0.2, 0) is 4.79 Å². The van der Waals surface area contributed by atoms with Crippen LogP contribution >= 0.6 is 0 Å². The largest absolute Gasteiger partial charge is 0.396 e. The molecule has 0 unspecified atom stereocenters. The average Bonchev–Trinajstić information content (AvgIpc) is 2.32. The molecular weight excluding hydrogens is 234 g/mol. The third-order valence-corrected chi connectivity index (χ3v) is 2.54. The molecule has 8 nitrogen and oxygen atoms in total. The predicted molar refractivity (Wildman–Crippen MR) is 55.6 cm³/mol. The molecule has 0 spiro atoms. The Kier molecular flexibility index (Phi) is 6.53. The van der Waals surface area contributed by atoms with Crippen molar-refractivity contribution in [3.8, 4) is 0 Å². The van der Waals surface area contributed by atoms with Gasteiger partial charge in [-0.2, -0.15) is 0 Å². The Morgan fingerprint density at radius 3 is 2.12 bits per heavy atom. The van der Waals surface area contributed by atoms with E-state index in [0.717, 1.165) is 0 Å². The number of aliphatic hydroxyl groups is 6. The zero-order valence-corrected chi connectivity index (χ0v) is 9.23. The van der Waals surface area contributed by atoms with Gasteiger partial charge in [-0.25, -0.2) is 0 Å². The summed E-state index contributed by atoms with van der Waals surface area (Å²) in [6.07, 6.45) is -6.12. The van der Waals surface area contributed by atoms with Crippen LogP contribution in [0, 0.1) is 0 Å². The van der Waals surface area contributed by atoms with Crippen molar-refractivity contribution in [3.05, 3.63) is 0 Å². The number of hydrogen-bond donors (Lipinski definition) is 7. The number of hydrogen-bond acceptors (Lipinski definition) is 7. The monoisotopic (exact) mass is 253 g/mol. The summed E-state index contributed by atoms with van der Waals surface area (Å²) >= 11 is 0. The molecule has 0 aromatic heterocycles. The number of carbonyl (C=O) groups excluding carboxylic acids is 1. The molecule has 17 heavy (non-hydrogen) atoms. The van der Waals surface area contributed by atoms with Crippen LogP contribution in [0.1, 0.15) is 12.8 Å². The molecule has 1 amide bonds. The summed E-state index contributed by atoms with van der Waals surface area (Å²) in [6, 6.07) is 0. The number of rotatable bonds is 8. The van der Waals surface area contributed by atoms with Crippen molar-refractivity contribution in [2.45, 2.75) is 36.8 Å². The second-order valence-electron chi connectivity index (χ2n) is 3.80. The SMILES string of the molecule is NC(=O)[C@@](O)(CCCO)[C@@H](O)[C@H](O)[C@H](O)CO. The van der Waals surface area contributed by atoms with Crippen molar-refractivity contribution in [1.82, 2.24) is 0 Å². The Labute approximate surface area is 97.9 Å². The lowest BCUT2D eigenvalue weighted by Crippen LogP contribution is -2.60. The maximum atomic E-state index is 11.1. The van der Waals surface area contributed by atoms with Crippen LogP contribution in [0.2, 0.25) is 0 Å². The number of primary amides is 1. The van der Waals surface area contributed by atoms with Crippen molar-refractivity contribution >= 4 is 5.91 Å². The van der Waals surface area contributed by atoms with Crippen LogP contribution < -0.4 is 5.73 Å². The normalized spacial score (nSPS) is 20.4. The van der Waals surface area contributed by atoms with Crippen LogP contribution in [0.25, 0.3) is 0 Å². The summed E-state index contributed by atoms with van der Waals surface area (Å²) in [4.78, 5) is 11.1. The first-order chi connectivity index (χ1) is 7.81. The van der Waals surface area contributed by atoms with Crippen molar-refractivity contribution in [2.24, 2.45) is 5.73 Å². The molecule has 102 valence electrons. The summed E-state index contributed by atoms with van der Waals surface area (Å²) in [5, 5.41) is 55.0. The molecule has 0 aliphatic heterocycles. The smallest absolute Gasteiger partial charge is 0.252 e. The van der Waals surface area contributed by atoms with Gasteiger partial charge in [0.1, 0.15) is 18.3 Å². The molecule has 0 bridgehead atoms. The summed E-state index contributed by atoms with van der Waals surface area (Å²) in [5.41, 5.74) is 2.43. The molecule has 0 radical (unpaired) electrons. The fourth-order valence-corrected chi connectivity index (χ4v) is 1.37. The van der Waals surface area contributed by atoms with E-state index in [2.05, 4.69) is 0 Å². The Morgan fingerprint density at radius 1 is 1.24 bits per heavy atom. The Morgan fingerprint density at radius 2 is 1.76 bits per heavy atom. The van der Waals surface area contributed by atoms with Crippen molar-refractivity contribution in [2.75, 3.05) is 13.2 Å². The highest BCUT2D eigenvalue weighted by atomic mass is 16.4. The van der Waals surface area contributed by atoms with Gasteiger partial charge in [-0.3, -0.25) is 4.79 Å². The van der Waals surface area contributed by atoms with Crippen molar-refractivity contribution in [1.29, 1.82) is 0 Å². The van der Waals surface area contributed by atoms with Crippen LogP contribution in [0.15, 0.2) is 0 Å². The lowest BCUT2D eigenvalue weighted by atomic mass is 9.85. The number of amides is 1. The first-order valence-electron chi connectivity index (χ1n) is 5.09. The average molecular weight is 253 g/mol. The molecular formula is C9H19NO7. The Bertz CT molecular complexity index is 249. The van der Waals surface area contributed by atoms with E-state index in [4.69, 9.17) is 21.1 Å². The quantitative estimate of drug-likeness (QED) is 0.232. The molecule has 0 saturated heterocycles. The van der Waals surface area contributed by atoms with Crippen LogP contribution in [0.4, 0.5) is 0 Å². The molecule has 8 heteroatoms. The molecule has 0 aromatic rings. The zero-order valence-electron chi connectivity index (χ0n) is 9.23. The second kappa shape index (κ2) is 6.84. The van der Waals surface area contributed by atoms with Gasteiger partial charge in [0, 0.05) is 6.61 Å². The van der Waals surface area contributed by atoms with Gasteiger partial charge in [0.2, 0.25) is 0 Å². The second-order valence-corrected chi connectivity index (χ2v) is 3.80. The molecule has 0 aromatic carbocycles. The van der Waals surface area contributed by atoms with Gasteiger partial charge in [-0.15, -0.1) is 0 Å². The minimum atomic E-state index is -2.47. The zero-order chi connectivity index (χ0) is 13.6. The number of aliphatic hydroxyl groups excluding tert-OH is 5. The van der Waals surface area contributed by atoms with Gasteiger partial charge in [-0.1, -0.05) is 0 Å². The maximum absolute atomic E-state index is 11.1. The van der Waals surface area contributed by atoms with Gasteiger partial charge in [-0.05, 0) is 12.8 Å². The number of nitrogens with two attached hydrogens (primary N) is 1. The lowest BCUT2D eigenvalue weighted by molar-refractivity contribution is -0.176. The number of carbonyl (C=O) groups is 1.